The molecule has 0 unspecified atom stereocenters. The standard InChI is InChI=1S/C10H17NO2/c1-9(10(12)13)5-4-8-11-6-2-3-7-11/h5H,2-4,6-8H2,1H3,(H,12,13)/p-1/b9-5+. The topological polar surface area (TPSA) is 43.4 Å². The van der Waals surface area contributed by atoms with Gasteiger partial charge in [-0.1, -0.05) is 6.08 Å². The molecule has 0 aromatic rings. The van der Waals surface area contributed by atoms with E-state index in [9.17, 15) is 9.90 Å². The lowest BCUT2D eigenvalue weighted by atomic mass is 10.2. The number of rotatable bonds is 4. The molecule has 3 nitrogen and oxygen atoms in total. The van der Waals surface area contributed by atoms with Crippen molar-refractivity contribution in [3.05, 3.63) is 11.6 Å². The molecule has 0 aromatic carbocycles. The van der Waals surface area contributed by atoms with E-state index in [0.29, 0.717) is 5.57 Å². The van der Waals surface area contributed by atoms with Crippen LogP contribution in [0.3, 0.4) is 0 Å². The van der Waals surface area contributed by atoms with E-state index >= 15 is 0 Å². The van der Waals surface area contributed by atoms with Gasteiger partial charge in [0.25, 0.3) is 0 Å². The molecule has 1 fully saturated rings. The molecule has 74 valence electrons. The predicted molar refractivity (Wildman–Crippen MR) is 49.1 cm³/mol. The van der Waals surface area contributed by atoms with E-state index in [-0.39, 0.29) is 0 Å². The Balaban J connectivity index is 2.18. The van der Waals surface area contributed by atoms with E-state index < -0.39 is 5.97 Å². The highest BCUT2D eigenvalue weighted by Crippen LogP contribution is 2.07. The van der Waals surface area contributed by atoms with Gasteiger partial charge in [0.15, 0.2) is 0 Å². The third kappa shape index (κ3) is 3.59. The molecule has 0 amide bonds. The minimum atomic E-state index is -1.05. The number of carboxylic acid groups (broad SMARTS) is 1. The third-order valence-electron chi connectivity index (χ3n) is 2.42. The molecule has 0 aliphatic carbocycles. The molecule has 0 radical (unpaired) electrons. The van der Waals surface area contributed by atoms with Gasteiger partial charge < -0.3 is 14.8 Å². The van der Waals surface area contributed by atoms with Gasteiger partial charge >= 0.3 is 0 Å². The summed E-state index contributed by atoms with van der Waals surface area (Å²) in [5.41, 5.74) is 0.346. The van der Waals surface area contributed by atoms with Crippen molar-refractivity contribution in [2.24, 2.45) is 0 Å². The highest BCUT2D eigenvalue weighted by molar-refractivity contribution is 5.83. The lowest BCUT2D eigenvalue weighted by Gasteiger charge is -2.12. The summed E-state index contributed by atoms with van der Waals surface area (Å²) in [4.78, 5) is 12.7. The van der Waals surface area contributed by atoms with Gasteiger partial charge in [0, 0.05) is 6.54 Å². The quantitative estimate of drug-likeness (QED) is 0.582. The summed E-state index contributed by atoms with van der Waals surface area (Å²) in [6, 6.07) is 0. The Bertz CT molecular complexity index is 205. The van der Waals surface area contributed by atoms with Crippen LogP contribution >= 0.6 is 0 Å². The molecule has 0 aromatic heterocycles. The first kappa shape index (κ1) is 10.3. The maximum Gasteiger partial charge on any atom is 0.0668 e. The van der Waals surface area contributed by atoms with Crippen molar-refractivity contribution in [1.82, 2.24) is 4.90 Å². The lowest BCUT2D eigenvalue weighted by Crippen LogP contribution is -2.24. The molecule has 0 saturated carbocycles. The van der Waals surface area contributed by atoms with Crippen LogP contribution in [-0.4, -0.2) is 30.5 Å². The van der Waals surface area contributed by atoms with Crippen LogP contribution in [0.1, 0.15) is 26.2 Å². The Morgan fingerprint density at radius 1 is 1.46 bits per heavy atom. The second-order valence-corrected chi connectivity index (χ2v) is 3.51. The molecule has 1 heterocycles. The average molecular weight is 182 g/mol. The first-order valence-electron chi connectivity index (χ1n) is 4.80. The van der Waals surface area contributed by atoms with Gasteiger partial charge in [-0.05, 0) is 44.8 Å². The fourth-order valence-corrected chi connectivity index (χ4v) is 1.55. The molecule has 0 spiro atoms. The van der Waals surface area contributed by atoms with E-state index in [1.807, 2.05) is 0 Å². The molecule has 13 heavy (non-hydrogen) atoms. The van der Waals surface area contributed by atoms with Crippen LogP contribution in [0.15, 0.2) is 11.6 Å². The van der Waals surface area contributed by atoms with Gasteiger partial charge in [-0.2, -0.15) is 0 Å². The van der Waals surface area contributed by atoms with Crippen molar-refractivity contribution in [3.63, 3.8) is 0 Å². The second-order valence-electron chi connectivity index (χ2n) is 3.51. The summed E-state index contributed by atoms with van der Waals surface area (Å²) in [5.74, 6) is -1.05. The predicted octanol–water partition coefficient (Wildman–Crippen LogP) is 0.168. The molecule has 1 aliphatic heterocycles. The van der Waals surface area contributed by atoms with Gasteiger partial charge in [-0.15, -0.1) is 0 Å². The maximum atomic E-state index is 10.3. The summed E-state index contributed by atoms with van der Waals surface area (Å²) < 4.78 is 0. The number of carbonyl (C=O) groups excluding carboxylic acids is 1. The number of likely N-dealkylation sites (tertiary alicyclic amines) is 1. The highest BCUT2D eigenvalue weighted by Gasteiger charge is 2.09. The first-order valence-corrected chi connectivity index (χ1v) is 4.80. The third-order valence-corrected chi connectivity index (χ3v) is 2.42. The smallest absolute Gasteiger partial charge is 0.0668 e. The Morgan fingerprint density at radius 3 is 2.62 bits per heavy atom. The van der Waals surface area contributed by atoms with E-state index in [1.54, 1.807) is 13.0 Å². The van der Waals surface area contributed by atoms with E-state index in [4.69, 9.17) is 0 Å². The molecule has 1 rings (SSSR count). The number of aliphatic carboxylic acids is 1. The lowest BCUT2D eigenvalue weighted by molar-refractivity contribution is -0.299. The van der Waals surface area contributed by atoms with Gasteiger partial charge in [0.2, 0.25) is 0 Å². The molecular formula is C10H16NO2-. The molecule has 0 bridgehead atoms. The Labute approximate surface area is 79.0 Å². The highest BCUT2D eigenvalue weighted by atomic mass is 16.4. The summed E-state index contributed by atoms with van der Waals surface area (Å²) in [6.45, 7) is 4.89. The summed E-state index contributed by atoms with van der Waals surface area (Å²) in [7, 11) is 0. The second kappa shape index (κ2) is 5.02. The summed E-state index contributed by atoms with van der Waals surface area (Å²) in [6.07, 6.45) is 5.12. The van der Waals surface area contributed by atoms with Crippen molar-refractivity contribution in [1.29, 1.82) is 0 Å². The molecular weight excluding hydrogens is 166 g/mol. The molecule has 1 saturated heterocycles. The molecule has 0 N–H and O–H groups in total. The van der Waals surface area contributed by atoms with Crippen molar-refractivity contribution in [2.75, 3.05) is 19.6 Å². The van der Waals surface area contributed by atoms with Crippen molar-refractivity contribution < 1.29 is 9.90 Å². The Hall–Kier alpha value is -0.830. The van der Waals surface area contributed by atoms with Gasteiger partial charge in [-0.3, -0.25) is 0 Å². The van der Waals surface area contributed by atoms with Crippen LogP contribution in [0.2, 0.25) is 0 Å². The van der Waals surface area contributed by atoms with Crippen molar-refractivity contribution in [3.8, 4) is 0 Å². The normalized spacial score (nSPS) is 19.3. The fourth-order valence-electron chi connectivity index (χ4n) is 1.55. The van der Waals surface area contributed by atoms with Gasteiger partial charge in [0.05, 0.1) is 5.97 Å². The number of hydrogen-bond acceptors (Lipinski definition) is 3. The largest absolute Gasteiger partial charge is 0.545 e. The fraction of sp³-hybridized carbons (Fsp3) is 0.700. The average Bonchev–Trinajstić information content (AvgIpc) is 2.56. The summed E-state index contributed by atoms with van der Waals surface area (Å²) >= 11 is 0. The van der Waals surface area contributed by atoms with Gasteiger partial charge in [0.1, 0.15) is 0 Å². The molecule has 0 atom stereocenters. The zero-order valence-corrected chi connectivity index (χ0v) is 8.08. The number of nitrogens with zero attached hydrogens (tertiary/aromatic N) is 1. The van der Waals surface area contributed by atoms with Crippen LogP contribution < -0.4 is 5.11 Å². The minimum absolute atomic E-state index is 0.346. The van der Waals surface area contributed by atoms with Crippen LogP contribution in [0, 0.1) is 0 Å². The Kier molecular flexibility index (Phi) is 3.96. The monoisotopic (exact) mass is 182 g/mol. The zero-order chi connectivity index (χ0) is 9.68. The number of carboxylic acids is 1. The minimum Gasteiger partial charge on any atom is -0.545 e. The summed E-state index contributed by atoms with van der Waals surface area (Å²) in [5, 5.41) is 10.3. The van der Waals surface area contributed by atoms with Crippen LogP contribution in [-0.2, 0) is 4.79 Å². The van der Waals surface area contributed by atoms with E-state index in [2.05, 4.69) is 4.90 Å². The van der Waals surface area contributed by atoms with Crippen LogP contribution in [0.5, 0.6) is 0 Å². The number of hydrogen-bond donors (Lipinski definition) is 0. The SMILES string of the molecule is C/C(=C\CCN1CCCC1)C(=O)[O-]. The molecule has 3 heteroatoms. The van der Waals surface area contributed by atoms with Crippen molar-refractivity contribution >= 4 is 5.97 Å². The van der Waals surface area contributed by atoms with Gasteiger partial charge in [-0.25, -0.2) is 0 Å². The van der Waals surface area contributed by atoms with E-state index in [1.165, 1.54) is 12.8 Å². The zero-order valence-electron chi connectivity index (χ0n) is 8.08. The Morgan fingerprint density at radius 2 is 2.08 bits per heavy atom. The van der Waals surface area contributed by atoms with E-state index in [0.717, 1.165) is 26.1 Å². The van der Waals surface area contributed by atoms with Crippen LogP contribution in [0.4, 0.5) is 0 Å². The van der Waals surface area contributed by atoms with Crippen LogP contribution in [0.25, 0.3) is 0 Å². The maximum absolute atomic E-state index is 10.3. The number of carbonyl (C=O) groups is 1. The van der Waals surface area contributed by atoms with Crippen molar-refractivity contribution in [2.45, 2.75) is 26.2 Å². The molecule has 1 aliphatic rings. The first-order chi connectivity index (χ1) is 6.20.